The molecule has 0 atom stereocenters. The molecule has 6 nitrogen and oxygen atoms in total. The van der Waals surface area contributed by atoms with Crippen LogP contribution in [0.5, 0.6) is 23.0 Å². The minimum Gasteiger partial charge on any atom is -0.508 e. The standard InChI is InChI=1S/C15H11NO5/c17-10-3-1-8(2-4-10)11-7-16-21-15(11)9-5-12(18)14(20)13(19)6-9/h1-7,17-20H. The Labute approximate surface area is 119 Å². The summed E-state index contributed by atoms with van der Waals surface area (Å²) in [5.74, 6) is -1.05. The lowest BCUT2D eigenvalue weighted by Gasteiger charge is -2.05. The van der Waals surface area contributed by atoms with Crippen molar-refractivity contribution in [2.45, 2.75) is 0 Å². The molecule has 4 N–H and O–H groups in total. The zero-order valence-electron chi connectivity index (χ0n) is 10.7. The summed E-state index contributed by atoms with van der Waals surface area (Å²) in [4.78, 5) is 0. The average Bonchev–Trinajstić information content (AvgIpc) is 2.94. The molecule has 3 aromatic rings. The first kappa shape index (κ1) is 12.9. The lowest BCUT2D eigenvalue weighted by atomic mass is 10.0. The minimum atomic E-state index is -0.593. The number of aromatic hydroxyl groups is 4. The van der Waals surface area contributed by atoms with E-state index in [2.05, 4.69) is 5.16 Å². The molecule has 0 aliphatic rings. The van der Waals surface area contributed by atoms with Crippen LogP contribution in [0.4, 0.5) is 0 Å². The molecule has 6 heteroatoms. The van der Waals surface area contributed by atoms with Gasteiger partial charge in [0, 0.05) is 11.1 Å². The zero-order valence-corrected chi connectivity index (χ0v) is 10.7. The van der Waals surface area contributed by atoms with Crippen molar-refractivity contribution in [1.82, 2.24) is 5.16 Å². The molecule has 106 valence electrons. The highest BCUT2D eigenvalue weighted by atomic mass is 16.5. The third-order valence-electron chi connectivity index (χ3n) is 3.08. The van der Waals surface area contributed by atoms with Crippen LogP contribution < -0.4 is 0 Å². The Morgan fingerprint density at radius 3 is 2.05 bits per heavy atom. The van der Waals surface area contributed by atoms with Crippen molar-refractivity contribution in [3.05, 3.63) is 42.6 Å². The second-order valence-electron chi connectivity index (χ2n) is 4.48. The minimum absolute atomic E-state index is 0.136. The Morgan fingerprint density at radius 2 is 1.43 bits per heavy atom. The molecular formula is C15H11NO5. The first-order chi connectivity index (χ1) is 10.1. The van der Waals surface area contributed by atoms with Crippen molar-refractivity contribution in [3.8, 4) is 45.4 Å². The predicted octanol–water partition coefficient (Wildman–Crippen LogP) is 2.83. The first-order valence-corrected chi connectivity index (χ1v) is 6.05. The van der Waals surface area contributed by atoms with Crippen molar-refractivity contribution in [2.24, 2.45) is 0 Å². The van der Waals surface area contributed by atoms with Gasteiger partial charge in [-0.25, -0.2) is 0 Å². The van der Waals surface area contributed by atoms with E-state index >= 15 is 0 Å². The molecule has 1 heterocycles. The van der Waals surface area contributed by atoms with Crippen molar-refractivity contribution in [2.75, 3.05) is 0 Å². The molecule has 2 aromatic carbocycles. The van der Waals surface area contributed by atoms with Crippen LogP contribution in [0.1, 0.15) is 0 Å². The van der Waals surface area contributed by atoms with Gasteiger partial charge < -0.3 is 24.9 Å². The third kappa shape index (κ3) is 2.23. The number of benzene rings is 2. The van der Waals surface area contributed by atoms with Gasteiger partial charge in [0.05, 0.1) is 6.20 Å². The van der Waals surface area contributed by atoms with Gasteiger partial charge in [-0.05, 0) is 29.8 Å². The quantitative estimate of drug-likeness (QED) is 0.539. The van der Waals surface area contributed by atoms with Gasteiger partial charge in [-0.15, -0.1) is 0 Å². The number of phenols is 4. The van der Waals surface area contributed by atoms with Crippen LogP contribution in [0.25, 0.3) is 22.5 Å². The van der Waals surface area contributed by atoms with Crippen LogP contribution in [-0.2, 0) is 0 Å². The van der Waals surface area contributed by atoms with Gasteiger partial charge in [-0.2, -0.15) is 0 Å². The molecule has 0 saturated heterocycles. The molecule has 0 bridgehead atoms. The van der Waals surface area contributed by atoms with Gasteiger partial charge in [0.2, 0.25) is 0 Å². The Morgan fingerprint density at radius 1 is 0.810 bits per heavy atom. The second-order valence-corrected chi connectivity index (χ2v) is 4.48. The van der Waals surface area contributed by atoms with Crippen LogP contribution in [0.2, 0.25) is 0 Å². The molecule has 3 rings (SSSR count). The first-order valence-electron chi connectivity index (χ1n) is 6.05. The summed E-state index contributed by atoms with van der Waals surface area (Å²) in [6.07, 6.45) is 1.49. The zero-order chi connectivity index (χ0) is 15.0. The van der Waals surface area contributed by atoms with E-state index in [1.807, 2.05) is 0 Å². The van der Waals surface area contributed by atoms with E-state index in [-0.39, 0.29) is 5.75 Å². The van der Waals surface area contributed by atoms with Crippen LogP contribution in [0.15, 0.2) is 47.1 Å². The van der Waals surface area contributed by atoms with Crippen molar-refractivity contribution < 1.29 is 24.9 Å². The normalized spacial score (nSPS) is 10.7. The summed E-state index contributed by atoms with van der Waals surface area (Å²) in [7, 11) is 0. The van der Waals surface area contributed by atoms with Crippen LogP contribution in [0, 0.1) is 0 Å². The SMILES string of the molecule is Oc1ccc(-c2cnoc2-c2cc(O)c(O)c(O)c2)cc1. The van der Waals surface area contributed by atoms with E-state index in [0.29, 0.717) is 16.9 Å². The Balaban J connectivity index is 2.13. The molecule has 0 spiro atoms. The number of aromatic nitrogens is 1. The molecule has 0 radical (unpaired) electrons. The predicted molar refractivity (Wildman–Crippen MR) is 74.0 cm³/mol. The smallest absolute Gasteiger partial charge is 0.200 e. The van der Waals surface area contributed by atoms with E-state index < -0.39 is 17.2 Å². The van der Waals surface area contributed by atoms with Gasteiger partial charge in [0.1, 0.15) is 5.75 Å². The summed E-state index contributed by atoms with van der Waals surface area (Å²) < 4.78 is 5.17. The summed E-state index contributed by atoms with van der Waals surface area (Å²) in [6, 6.07) is 8.95. The summed E-state index contributed by atoms with van der Waals surface area (Å²) in [5, 5.41) is 41.5. The van der Waals surface area contributed by atoms with E-state index in [0.717, 1.165) is 5.56 Å². The van der Waals surface area contributed by atoms with Gasteiger partial charge in [-0.1, -0.05) is 17.3 Å². The maximum absolute atomic E-state index is 9.57. The molecule has 0 saturated carbocycles. The van der Waals surface area contributed by atoms with E-state index in [1.165, 1.54) is 30.5 Å². The molecule has 0 amide bonds. The highest BCUT2D eigenvalue weighted by Gasteiger charge is 2.17. The summed E-state index contributed by atoms with van der Waals surface area (Å²) >= 11 is 0. The number of nitrogens with zero attached hydrogens (tertiary/aromatic N) is 1. The molecule has 0 fully saturated rings. The summed E-state index contributed by atoms with van der Waals surface area (Å²) in [6.45, 7) is 0. The average molecular weight is 285 g/mol. The highest BCUT2D eigenvalue weighted by Crippen LogP contribution is 2.41. The van der Waals surface area contributed by atoms with Crippen molar-refractivity contribution in [3.63, 3.8) is 0 Å². The third-order valence-corrected chi connectivity index (χ3v) is 3.08. The van der Waals surface area contributed by atoms with Gasteiger partial charge in [0.25, 0.3) is 0 Å². The molecule has 0 aliphatic carbocycles. The molecule has 21 heavy (non-hydrogen) atoms. The van der Waals surface area contributed by atoms with Gasteiger partial charge in [0.15, 0.2) is 23.0 Å². The van der Waals surface area contributed by atoms with Crippen LogP contribution in [-0.4, -0.2) is 25.6 Å². The maximum atomic E-state index is 9.57. The van der Waals surface area contributed by atoms with E-state index in [4.69, 9.17) is 4.52 Å². The largest absolute Gasteiger partial charge is 0.508 e. The van der Waals surface area contributed by atoms with Crippen molar-refractivity contribution in [1.29, 1.82) is 0 Å². The van der Waals surface area contributed by atoms with Crippen molar-refractivity contribution >= 4 is 0 Å². The number of rotatable bonds is 2. The fraction of sp³-hybridized carbons (Fsp3) is 0. The van der Waals surface area contributed by atoms with Gasteiger partial charge in [-0.3, -0.25) is 0 Å². The fourth-order valence-corrected chi connectivity index (χ4v) is 2.03. The number of hydrogen-bond donors (Lipinski definition) is 4. The van der Waals surface area contributed by atoms with Crippen LogP contribution in [0.3, 0.4) is 0 Å². The Hall–Kier alpha value is -3.15. The fourth-order valence-electron chi connectivity index (χ4n) is 2.03. The molecular weight excluding hydrogens is 274 g/mol. The number of phenolic OH excluding ortho intramolecular Hbond substituents is 4. The van der Waals surface area contributed by atoms with E-state index in [9.17, 15) is 20.4 Å². The molecule has 0 unspecified atom stereocenters. The monoisotopic (exact) mass is 285 g/mol. The topological polar surface area (TPSA) is 107 Å². The van der Waals surface area contributed by atoms with E-state index in [1.54, 1.807) is 12.1 Å². The Bertz CT molecular complexity index is 769. The van der Waals surface area contributed by atoms with Gasteiger partial charge >= 0.3 is 0 Å². The molecule has 1 aromatic heterocycles. The highest BCUT2D eigenvalue weighted by molar-refractivity contribution is 5.81. The summed E-state index contributed by atoms with van der Waals surface area (Å²) in [5.41, 5.74) is 1.74. The lowest BCUT2D eigenvalue weighted by Crippen LogP contribution is -1.81. The Kier molecular flexibility index (Phi) is 2.91. The van der Waals surface area contributed by atoms with Crippen LogP contribution >= 0.6 is 0 Å². The molecule has 0 aliphatic heterocycles. The lowest BCUT2D eigenvalue weighted by molar-refractivity contribution is 0.367. The maximum Gasteiger partial charge on any atom is 0.200 e. The number of hydrogen-bond acceptors (Lipinski definition) is 6. The second kappa shape index (κ2) is 4.75.